The topological polar surface area (TPSA) is 86.8 Å². The van der Waals surface area contributed by atoms with Gasteiger partial charge in [0, 0.05) is 11.6 Å². The second kappa shape index (κ2) is 9.47. The van der Waals surface area contributed by atoms with Crippen LogP contribution >= 0.6 is 0 Å². The zero-order chi connectivity index (χ0) is 22.4. The van der Waals surface area contributed by atoms with Crippen molar-refractivity contribution in [1.29, 1.82) is 0 Å². The molecule has 1 N–H and O–H groups in total. The molecule has 0 fully saturated rings. The van der Waals surface area contributed by atoms with Crippen LogP contribution in [0.15, 0.2) is 54.7 Å². The van der Waals surface area contributed by atoms with Crippen molar-refractivity contribution in [3.05, 3.63) is 60.3 Å². The summed E-state index contributed by atoms with van der Waals surface area (Å²) in [6.07, 6.45) is 1.13. The maximum absolute atomic E-state index is 12.1. The molecule has 0 aliphatic carbocycles. The Bertz CT molecular complexity index is 1070. The van der Waals surface area contributed by atoms with Gasteiger partial charge in [-0.2, -0.15) is 0 Å². The van der Waals surface area contributed by atoms with Crippen LogP contribution in [0.2, 0.25) is 0 Å². The first-order valence-electron chi connectivity index (χ1n) is 9.94. The molecule has 0 spiro atoms. The summed E-state index contributed by atoms with van der Waals surface area (Å²) in [5.74, 6) is 0.292. The van der Waals surface area contributed by atoms with E-state index in [4.69, 9.17) is 14.2 Å². The Labute approximate surface area is 181 Å². The van der Waals surface area contributed by atoms with Gasteiger partial charge < -0.3 is 19.5 Å². The predicted molar refractivity (Wildman–Crippen MR) is 118 cm³/mol. The number of hydrogen-bond acceptors (Lipinski definition) is 6. The van der Waals surface area contributed by atoms with E-state index in [1.165, 1.54) is 7.11 Å². The molecule has 1 aromatic heterocycles. The van der Waals surface area contributed by atoms with Crippen molar-refractivity contribution < 1.29 is 23.8 Å². The summed E-state index contributed by atoms with van der Waals surface area (Å²) < 4.78 is 15.7. The molecule has 0 radical (unpaired) electrons. The Kier molecular flexibility index (Phi) is 6.74. The Morgan fingerprint density at radius 2 is 1.71 bits per heavy atom. The molecular weight excluding hydrogens is 396 g/mol. The SMILES string of the molecule is COC(=O)c1ccnc2ccc(-c3ccc(OCCNC(=O)OC(C)(C)C)cc3)cc12. The summed E-state index contributed by atoms with van der Waals surface area (Å²) >= 11 is 0. The number of amides is 1. The Hall–Kier alpha value is -3.61. The number of hydrogen-bond donors (Lipinski definition) is 1. The molecule has 2 aromatic carbocycles. The van der Waals surface area contributed by atoms with Gasteiger partial charge in [-0.3, -0.25) is 4.98 Å². The summed E-state index contributed by atoms with van der Waals surface area (Å²) in [5, 5.41) is 3.39. The smallest absolute Gasteiger partial charge is 0.407 e. The van der Waals surface area contributed by atoms with Crippen LogP contribution in [-0.2, 0) is 9.47 Å². The number of nitrogens with one attached hydrogen (secondary N) is 1. The summed E-state index contributed by atoms with van der Waals surface area (Å²) in [7, 11) is 1.36. The van der Waals surface area contributed by atoms with E-state index < -0.39 is 17.7 Å². The van der Waals surface area contributed by atoms with Crippen molar-refractivity contribution in [2.75, 3.05) is 20.3 Å². The molecule has 0 saturated heterocycles. The number of aromatic nitrogens is 1. The summed E-state index contributed by atoms with van der Waals surface area (Å²) in [4.78, 5) is 28.0. The maximum Gasteiger partial charge on any atom is 0.407 e. The molecule has 0 bridgehead atoms. The highest BCUT2D eigenvalue weighted by Gasteiger charge is 2.15. The van der Waals surface area contributed by atoms with E-state index in [9.17, 15) is 9.59 Å². The largest absolute Gasteiger partial charge is 0.492 e. The van der Waals surface area contributed by atoms with E-state index in [0.717, 1.165) is 22.0 Å². The lowest BCUT2D eigenvalue weighted by molar-refractivity contribution is 0.0519. The summed E-state index contributed by atoms with van der Waals surface area (Å²) in [6.45, 7) is 6.10. The van der Waals surface area contributed by atoms with Crippen LogP contribution in [0.4, 0.5) is 4.79 Å². The third-order valence-corrected chi connectivity index (χ3v) is 4.37. The number of pyridine rings is 1. The average Bonchev–Trinajstić information content (AvgIpc) is 2.74. The maximum atomic E-state index is 12.1. The Balaban J connectivity index is 1.64. The fourth-order valence-electron chi connectivity index (χ4n) is 2.99. The quantitative estimate of drug-likeness (QED) is 0.462. The molecule has 0 unspecified atom stereocenters. The monoisotopic (exact) mass is 422 g/mol. The molecule has 162 valence electrons. The number of benzene rings is 2. The van der Waals surface area contributed by atoms with Crippen molar-refractivity contribution in [3.63, 3.8) is 0 Å². The minimum Gasteiger partial charge on any atom is -0.492 e. The number of carbonyl (C=O) groups is 2. The number of alkyl carbamates (subject to hydrolysis) is 1. The van der Waals surface area contributed by atoms with Crippen molar-refractivity contribution >= 4 is 23.0 Å². The summed E-state index contributed by atoms with van der Waals surface area (Å²) in [5.41, 5.74) is 2.59. The van der Waals surface area contributed by atoms with Gasteiger partial charge in [-0.15, -0.1) is 0 Å². The van der Waals surface area contributed by atoms with Gasteiger partial charge >= 0.3 is 12.1 Å². The third-order valence-electron chi connectivity index (χ3n) is 4.37. The molecule has 0 aliphatic rings. The lowest BCUT2D eigenvalue weighted by Gasteiger charge is -2.19. The van der Waals surface area contributed by atoms with Crippen LogP contribution in [0.1, 0.15) is 31.1 Å². The van der Waals surface area contributed by atoms with Crippen LogP contribution in [0.3, 0.4) is 0 Å². The number of rotatable bonds is 6. The van der Waals surface area contributed by atoms with E-state index in [0.29, 0.717) is 24.5 Å². The Morgan fingerprint density at radius 1 is 1.00 bits per heavy atom. The molecule has 0 saturated carbocycles. The molecule has 3 rings (SSSR count). The van der Waals surface area contributed by atoms with Crippen LogP contribution in [0, 0.1) is 0 Å². The third kappa shape index (κ3) is 5.94. The van der Waals surface area contributed by atoms with E-state index in [1.807, 2.05) is 63.2 Å². The molecule has 0 aliphatic heterocycles. The molecule has 1 heterocycles. The molecule has 7 heteroatoms. The van der Waals surface area contributed by atoms with E-state index in [1.54, 1.807) is 12.3 Å². The van der Waals surface area contributed by atoms with Crippen LogP contribution < -0.4 is 10.1 Å². The van der Waals surface area contributed by atoms with Crippen molar-refractivity contribution in [3.8, 4) is 16.9 Å². The fourth-order valence-corrected chi connectivity index (χ4v) is 2.99. The highest BCUT2D eigenvalue weighted by atomic mass is 16.6. The van der Waals surface area contributed by atoms with Crippen LogP contribution in [0.25, 0.3) is 22.0 Å². The van der Waals surface area contributed by atoms with E-state index in [-0.39, 0.29) is 0 Å². The first-order valence-corrected chi connectivity index (χ1v) is 9.94. The zero-order valence-electron chi connectivity index (χ0n) is 18.1. The van der Waals surface area contributed by atoms with Crippen LogP contribution in [-0.4, -0.2) is 42.9 Å². The Morgan fingerprint density at radius 3 is 2.39 bits per heavy atom. The standard InChI is InChI=1S/C24H26N2O5/c1-24(2,3)31-23(28)26-13-14-30-18-8-5-16(6-9-18)17-7-10-21-20(15-17)19(11-12-25-21)22(27)29-4/h5-12,15H,13-14H2,1-4H3,(H,26,28). The molecule has 0 atom stereocenters. The molecule has 3 aromatic rings. The van der Waals surface area contributed by atoms with Crippen molar-refractivity contribution in [2.45, 2.75) is 26.4 Å². The van der Waals surface area contributed by atoms with E-state index in [2.05, 4.69) is 10.3 Å². The van der Waals surface area contributed by atoms with Crippen LogP contribution in [0.5, 0.6) is 5.75 Å². The number of methoxy groups -OCH3 is 1. The van der Waals surface area contributed by atoms with Crippen molar-refractivity contribution in [1.82, 2.24) is 10.3 Å². The second-order valence-electron chi connectivity index (χ2n) is 7.88. The second-order valence-corrected chi connectivity index (χ2v) is 7.88. The molecule has 1 amide bonds. The normalized spacial score (nSPS) is 11.1. The van der Waals surface area contributed by atoms with Gasteiger partial charge in [0.2, 0.25) is 0 Å². The van der Waals surface area contributed by atoms with E-state index >= 15 is 0 Å². The molecule has 31 heavy (non-hydrogen) atoms. The van der Waals surface area contributed by atoms with Gasteiger partial charge in [0.15, 0.2) is 0 Å². The predicted octanol–water partition coefficient (Wildman–Crippen LogP) is 4.59. The highest BCUT2D eigenvalue weighted by molar-refractivity contribution is 6.04. The van der Waals surface area contributed by atoms with Gasteiger partial charge in [-0.25, -0.2) is 9.59 Å². The summed E-state index contributed by atoms with van der Waals surface area (Å²) in [6, 6.07) is 15.0. The van der Waals surface area contributed by atoms with Gasteiger partial charge in [-0.1, -0.05) is 18.2 Å². The van der Waals surface area contributed by atoms with Gasteiger partial charge in [-0.05, 0) is 62.2 Å². The lowest BCUT2D eigenvalue weighted by Crippen LogP contribution is -2.34. The lowest BCUT2D eigenvalue weighted by atomic mass is 10.0. The number of carbonyl (C=O) groups excluding carboxylic acids is 2. The number of ether oxygens (including phenoxy) is 3. The number of nitrogens with zero attached hydrogens (tertiary/aromatic N) is 1. The van der Waals surface area contributed by atoms with Crippen molar-refractivity contribution in [2.24, 2.45) is 0 Å². The minimum atomic E-state index is -0.531. The zero-order valence-corrected chi connectivity index (χ0v) is 18.1. The number of esters is 1. The highest BCUT2D eigenvalue weighted by Crippen LogP contribution is 2.27. The first-order chi connectivity index (χ1) is 14.8. The minimum absolute atomic E-state index is 0.322. The van der Waals surface area contributed by atoms with Gasteiger partial charge in [0.25, 0.3) is 0 Å². The van der Waals surface area contributed by atoms with Gasteiger partial charge in [0.05, 0.1) is 24.7 Å². The molecule has 7 nitrogen and oxygen atoms in total. The number of fused-ring (bicyclic) bond motifs is 1. The first kappa shape index (κ1) is 22.1. The van der Waals surface area contributed by atoms with Gasteiger partial charge in [0.1, 0.15) is 18.0 Å². The fraction of sp³-hybridized carbons (Fsp3) is 0.292. The average molecular weight is 422 g/mol. The molecular formula is C24H26N2O5.